The van der Waals surface area contributed by atoms with E-state index in [9.17, 15) is 14.5 Å². The summed E-state index contributed by atoms with van der Waals surface area (Å²) in [6.07, 6.45) is 0. The highest BCUT2D eigenvalue weighted by molar-refractivity contribution is 5.34. The molecule has 1 aromatic carbocycles. The molecule has 13 heavy (non-hydrogen) atoms. The monoisotopic (exact) mass is 185 g/mol. The molecule has 0 radical (unpaired) electrons. The average Bonchev–Trinajstić information content (AvgIpc) is 2.04. The molecule has 5 heteroatoms. The molecule has 1 aromatic rings. The van der Waals surface area contributed by atoms with Crippen LogP contribution in [0.1, 0.15) is 5.56 Å². The van der Waals surface area contributed by atoms with Crippen molar-refractivity contribution in [1.82, 2.24) is 0 Å². The lowest BCUT2D eigenvalue weighted by atomic mass is 10.2. The molecule has 0 aromatic heterocycles. The van der Waals surface area contributed by atoms with Gasteiger partial charge in [-0.2, -0.15) is 4.39 Å². The topological polar surface area (TPSA) is 52.4 Å². The van der Waals surface area contributed by atoms with Gasteiger partial charge in [-0.25, -0.2) is 0 Å². The molecular weight excluding hydrogens is 177 g/mol. The summed E-state index contributed by atoms with van der Waals surface area (Å²) in [5, 5.41) is 10.2. The smallest absolute Gasteiger partial charge is 0.304 e. The summed E-state index contributed by atoms with van der Waals surface area (Å²) in [4.78, 5) is 9.47. The Balaban J connectivity index is 2.98. The second-order valence-corrected chi connectivity index (χ2v) is 2.48. The molecule has 4 nitrogen and oxygen atoms in total. The predicted molar refractivity (Wildman–Crippen MR) is 43.8 cm³/mol. The Morgan fingerprint density at radius 1 is 1.62 bits per heavy atom. The van der Waals surface area contributed by atoms with Crippen molar-refractivity contribution in [1.29, 1.82) is 0 Å². The first-order chi connectivity index (χ1) is 6.15. The molecule has 0 aliphatic heterocycles. The maximum absolute atomic E-state index is 12.9. The first-order valence-electron chi connectivity index (χ1n) is 3.57. The fraction of sp³-hybridized carbons (Fsp3) is 0.250. The molecule has 0 amide bonds. The highest BCUT2D eigenvalue weighted by Gasteiger charge is 2.13. The Hall–Kier alpha value is -1.49. The molecule has 70 valence electrons. The van der Waals surface area contributed by atoms with Crippen LogP contribution in [0.2, 0.25) is 0 Å². The third-order valence-corrected chi connectivity index (χ3v) is 1.52. The van der Waals surface area contributed by atoms with Gasteiger partial charge in [-0.1, -0.05) is 0 Å². The van der Waals surface area contributed by atoms with Crippen molar-refractivity contribution < 1.29 is 14.1 Å². The van der Waals surface area contributed by atoms with Crippen molar-refractivity contribution in [3.05, 3.63) is 39.7 Å². The number of rotatable bonds is 3. The van der Waals surface area contributed by atoms with Crippen LogP contribution >= 0.6 is 0 Å². The Kier molecular flexibility index (Phi) is 2.92. The summed E-state index contributed by atoms with van der Waals surface area (Å²) in [6, 6.07) is 3.69. The van der Waals surface area contributed by atoms with Crippen molar-refractivity contribution in [3.8, 4) is 0 Å². The normalized spacial score (nSPS) is 10.0. The number of hydrogen-bond acceptors (Lipinski definition) is 3. The fourth-order valence-corrected chi connectivity index (χ4v) is 0.955. The van der Waals surface area contributed by atoms with Crippen LogP contribution < -0.4 is 0 Å². The van der Waals surface area contributed by atoms with Crippen LogP contribution in [0, 0.1) is 15.9 Å². The SMILES string of the molecule is COCc1ccc([N+](=O)[O-])c(F)c1. The molecule has 0 unspecified atom stereocenters. The van der Waals surface area contributed by atoms with Gasteiger partial charge in [-0.15, -0.1) is 0 Å². The van der Waals surface area contributed by atoms with E-state index in [2.05, 4.69) is 0 Å². The summed E-state index contributed by atoms with van der Waals surface area (Å²) < 4.78 is 17.7. The first kappa shape index (κ1) is 9.60. The molecule has 1 rings (SSSR count). The van der Waals surface area contributed by atoms with Gasteiger partial charge < -0.3 is 4.74 Å². The lowest BCUT2D eigenvalue weighted by molar-refractivity contribution is -0.387. The number of nitrogens with zero attached hydrogens (tertiary/aromatic N) is 1. The Morgan fingerprint density at radius 2 is 2.31 bits per heavy atom. The van der Waals surface area contributed by atoms with Gasteiger partial charge in [0.1, 0.15) is 0 Å². The fourth-order valence-electron chi connectivity index (χ4n) is 0.955. The largest absolute Gasteiger partial charge is 0.380 e. The zero-order valence-electron chi connectivity index (χ0n) is 6.99. The van der Waals surface area contributed by atoms with Crippen molar-refractivity contribution in [2.24, 2.45) is 0 Å². The van der Waals surface area contributed by atoms with Gasteiger partial charge in [-0.3, -0.25) is 10.1 Å². The molecule has 0 fully saturated rings. The standard InChI is InChI=1S/C8H8FNO3/c1-13-5-6-2-3-8(10(11)12)7(9)4-6/h2-4H,5H2,1H3. The van der Waals surface area contributed by atoms with Gasteiger partial charge in [0.05, 0.1) is 11.5 Å². The molecule has 0 bridgehead atoms. The van der Waals surface area contributed by atoms with E-state index in [0.29, 0.717) is 5.56 Å². The minimum absolute atomic E-state index is 0.245. The average molecular weight is 185 g/mol. The minimum atomic E-state index is -0.834. The van der Waals surface area contributed by atoms with E-state index in [4.69, 9.17) is 4.74 Å². The van der Waals surface area contributed by atoms with Crippen LogP contribution in [0.3, 0.4) is 0 Å². The summed E-state index contributed by atoms with van der Waals surface area (Å²) >= 11 is 0. The zero-order chi connectivity index (χ0) is 9.84. The molecule has 0 saturated heterocycles. The van der Waals surface area contributed by atoms with E-state index in [0.717, 1.165) is 12.1 Å². The number of ether oxygens (including phenoxy) is 1. The van der Waals surface area contributed by atoms with Crippen molar-refractivity contribution in [2.75, 3.05) is 7.11 Å². The van der Waals surface area contributed by atoms with E-state index in [1.54, 1.807) is 0 Å². The van der Waals surface area contributed by atoms with Gasteiger partial charge in [-0.05, 0) is 17.7 Å². The summed E-state index contributed by atoms with van der Waals surface area (Å²) in [7, 11) is 1.47. The predicted octanol–water partition coefficient (Wildman–Crippen LogP) is 1.88. The highest BCUT2D eigenvalue weighted by Crippen LogP contribution is 2.18. The Morgan fingerprint density at radius 3 is 2.77 bits per heavy atom. The molecule has 0 heterocycles. The van der Waals surface area contributed by atoms with Crippen LogP contribution in [0.15, 0.2) is 18.2 Å². The number of nitro groups is 1. The molecule has 0 saturated carbocycles. The summed E-state index contributed by atoms with van der Waals surface area (Å²) in [6.45, 7) is 0.245. The van der Waals surface area contributed by atoms with Crippen molar-refractivity contribution in [2.45, 2.75) is 6.61 Å². The zero-order valence-corrected chi connectivity index (χ0v) is 6.99. The Labute approximate surface area is 74.1 Å². The van der Waals surface area contributed by atoms with Crippen LogP contribution in [0.4, 0.5) is 10.1 Å². The van der Waals surface area contributed by atoms with Gasteiger partial charge in [0.25, 0.3) is 0 Å². The molecule has 0 atom stereocenters. The quantitative estimate of drug-likeness (QED) is 0.533. The third-order valence-electron chi connectivity index (χ3n) is 1.52. The molecule has 0 spiro atoms. The second kappa shape index (κ2) is 3.95. The molecule has 0 N–H and O–H groups in total. The number of hydrogen-bond donors (Lipinski definition) is 0. The lowest BCUT2D eigenvalue weighted by Crippen LogP contribution is -1.94. The van der Waals surface area contributed by atoms with E-state index in [1.165, 1.54) is 13.2 Å². The number of halogens is 1. The van der Waals surface area contributed by atoms with Crippen molar-refractivity contribution >= 4 is 5.69 Å². The number of benzene rings is 1. The van der Waals surface area contributed by atoms with E-state index in [1.807, 2.05) is 0 Å². The van der Waals surface area contributed by atoms with E-state index < -0.39 is 16.4 Å². The highest BCUT2D eigenvalue weighted by atomic mass is 19.1. The summed E-state index contributed by atoms with van der Waals surface area (Å²) in [5.74, 6) is -0.834. The van der Waals surface area contributed by atoms with Crippen LogP contribution in [0.25, 0.3) is 0 Å². The second-order valence-electron chi connectivity index (χ2n) is 2.48. The Bertz CT molecular complexity index is 327. The molecular formula is C8H8FNO3. The van der Waals surface area contributed by atoms with Crippen molar-refractivity contribution in [3.63, 3.8) is 0 Å². The van der Waals surface area contributed by atoms with Gasteiger partial charge in [0, 0.05) is 13.2 Å². The van der Waals surface area contributed by atoms with E-state index in [-0.39, 0.29) is 6.61 Å². The summed E-state index contributed by atoms with van der Waals surface area (Å²) in [5.41, 5.74) is 0.0606. The van der Waals surface area contributed by atoms with E-state index >= 15 is 0 Å². The molecule has 0 aliphatic rings. The molecule has 0 aliphatic carbocycles. The third kappa shape index (κ3) is 2.22. The van der Waals surface area contributed by atoms with Crippen LogP contribution in [-0.2, 0) is 11.3 Å². The maximum Gasteiger partial charge on any atom is 0.304 e. The first-order valence-corrected chi connectivity index (χ1v) is 3.57. The lowest BCUT2D eigenvalue weighted by Gasteiger charge is -1.99. The van der Waals surface area contributed by atoms with Gasteiger partial charge in [0.15, 0.2) is 0 Å². The maximum atomic E-state index is 12.9. The number of nitro benzene ring substituents is 1. The minimum Gasteiger partial charge on any atom is -0.380 e. The number of methoxy groups -OCH3 is 1. The van der Waals surface area contributed by atoms with Crippen LogP contribution in [0.5, 0.6) is 0 Å². The van der Waals surface area contributed by atoms with Crippen LogP contribution in [-0.4, -0.2) is 12.0 Å². The van der Waals surface area contributed by atoms with Gasteiger partial charge >= 0.3 is 5.69 Å². The van der Waals surface area contributed by atoms with Gasteiger partial charge in [0.2, 0.25) is 5.82 Å².